The number of hydrogen-bond acceptors (Lipinski definition) is 4. The number of carbonyl (C=O) groups is 1. The molecule has 2 aliphatic heterocycles. The van der Waals surface area contributed by atoms with Gasteiger partial charge in [-0.25, -0.2) is 0 Å². The number of hydrogen-bond donors (Lipinski definition) is 2. The van der Waals surface area contributed by atoms with E-state index in [1.807, 2.05) is 7.05 Å². The molecule has 0 aromatic heterocycles. The molecule has 2 heterocycles. The maximum Gasteiger partial charge on any atom is 0.416 e. The molecule has 156 valence electrons. The Bertz CT molecular complexity index is 672. The van der Waals surface area contributed by atoms with Crippen molar-refractivity contribution in [1.82, 2.24) is 10.2 Å². The first-order chi connectivity index (χ1) is 13.2. The molecular formula is C20H28F3N3O2. The summed E-state index contributed by atoms with van der Waals surface area (Å²) in [5.41, 5.74) is 5.53. The number of halogens is 3. The predicted octanol–water partition coefficient (Wildman–Crippen LogP) is 2.71. The third-order valence-corrected chi connectivity index (χ3v) is 5.95. The van der Waals surface area contributed by atoms with E-state index in [4.69, 9.17) is 10.5 Å². The number of piperidine rings is 1. The minimum Gasteiger partial charge on any atom is -0.381 e. The largest absolute Gasteiger partial charge is 0.416 e. The average Bonchev–Trinajstić information content (AvgIpc) is 2.66. The Morgan fingerprint density at radius 1 is 1.29 bits per heavy atom. The molecule has 1 amide bonds. The van der Waals surface area contributed by atoms with Crippen molar-refractivity contribution in [1.29, 1.82) is 0 Å². The summed E-state index contributed by atoms with van der Waals surface area (Å²) in [5.74, 6) is -0.0573. The molecule has 8 heteroatoms. The van der Waals surface area contributed by atoms with Gasteiger partial charge in [-0.15, -0.1) is 0 Å². The lowest BCUT2D eigenvalue weighted by Crippen LogP contribution is -2.58. The number of carbonyl (C=O) groups excluding carboxylic acids is 1. The monoisotopic (exact) mass is 399 g/mol. The second kappa shape index (κ2) is 8.39. The van der Waals surface area contributed by atoms with Gasteiger partial charge in [0.2, 0.25) is 5.91 Å². The van der Waals surface area contributed by atoms with E-state index < -0.39 is 17.3 Å². The second-order valence-electron chi connectivity index (χ2n) is 7.93. The maximum atomic E-state index is 12.9. The summed E-state index contributed by atoms with van der Waals surface area (Å²) in [6.07, 6.45) is -1.48. The topological polar surface area (TPSA) is 67.6 Å². The van der Waals surface area contributed by atoms with E-state index >= 15 is 0 Å². The highest BCUT2D eigenvalue weighted by molar-refractivity contribution is 5.86. The maximum absolute atomic E-state index is 12.9. The number of nitrogens with one attached hydrogen (secondary N) is 1. The Balaban J connectivity index is 1.69. The minimum absolute atomic E-state index is 0.0419. The van der Waals surface area contributed by atoms with Crippen LogP contribution in [0.5, 0.6) is 0 Å². The summed E-state index contributed by atoms with van der Waals surface area (Å²) < 4.78 is 43.9. The number of amides is 1. The van der Waals surface area contributed by atoms with Crippen molar-refractivity contribution >= 4 is 5.91 Å². The van der Waals surface area contributed by atoms with Crippen molar-refractivity contribution in [3.8, 4) is 0 Å². The van der Waals surface area contributed by atoms with Crippen LogP contribution in [-0.2, 0) is 15.7 Å². The summed E-state index contributed by atoms with van der Waals surface area (Å²) in [6, 6.07) is 5.31. The smallest absolute Gasteiger partial charge is 0.381 e. The van der Waals surface area contributed by atoms with Crippen LogP contribution in [0.4, 0.5) is 13.2 Å². The van der Waals surface area contributed by atoms with Crippen LogP contribution in [0.15, 0.2) is 24.3 Å². The van der Waals surface area contributed by atoms with Gasteiger partial charge in [-0.2, -0.15) is 13.2 Å². The van der Waals surface area contributed by atoms with Crippen molar-refractivity contribution in [3.05, 3.63) is 35.4 Å². The van der Waals surface area contributed by atoms with E-state index in [0.717, 1.165) is 37.1 Å². The highest BCUT2D eigenvalue weighted by Crippen LogP contribution is 2.36. The van der Waals surface area contributed by atoms with Crippen LogP contribution in [0.1, 0.15) is 42.9 Å². The molecule has 0 aliphatic carbocycles. The molecule has 28 heavy (non-hydrogen) atoms. The molecule has 3 N–H and O–H groups in total. The normalized spacial score (nSPS) is 26.0. The number of likely N-dealkylation sites (tertiary alicyclic amines) is 1. The Morgan fingerprint density at radius 2 is 1.93 bits per heavy atom. The number of nitrogens with two attached hydrogens (primary N) is 1. The Labute approximate surface area is 163 Å². The molecule has 0 saturated carbocycles. The quantitative estimate of drug-likeness (QED) is 0.817. The first-order valence-corrected chi connectivity index (χ1v) is 9.73. The zero-order valence-corrected chi connectivity index (χ0v) is 16.1. The Hall–Kier alpha value is -1.64. The van der Waals surface area contributed by atoms with Gasteiger partial charge in [-0.1, -0.05) is 12.1 Å². The van der Waals surface area contributed by atoms with Gasteiger partial charge < -0.3 is 15.8 Å². The van der Waals surface area contributed by atoms with Crippen molar-refractivity contribution in [3.63, 3.8) is 0 Å². The van der Waals surface area contributed by atoms with Crippen molar-refractivity contribution < 1.29 is 22.7 Å². The number of alkyl halides is 3. The molecule has 2 atom stereocenters. The van der Waals surface area contributed by atoms with Gasteiger partial charge in [0.05, 0.1) is 11.1 Å². The van der Waals surface area contributed by atoms with Crippen LogP contribution in [0.2, 0.25) is 0 Å². The molecular weight excluding hydrogens is 371 g/mol. The first kappa shape index (κ1) is 21.1. The van der Waals surface area contributed by atoms with Gasteiger partial charge in [-0.05, 0) is 62.9 Å². The van der Waals surface area contributed by atoms with E-state index in [2.05, 4.69) is 10.2 Å². The summed E-state index contributed by atoms with van der Waals surface area (Å²) >= 11 is 0. The molecule has 2 unspecified atom stereocenters. The van der Waals surface area contributed by atoms with Gasteiger partial charge in [0.1, 0.15) is 0 Å². The fourth-order valence-electron chi connectivity index (χ4n) is 4.23. The molecule has 5 nitrogen and oxygen atoms in total. The zero-order chi connectivity index (χ0) is 20.4. The Morgan fingerprint density at radius 3 is 2.54 bits per heavy atom. The van der Waals surface area contributed by atoms with Gasteiger partial charge in [-0.3, -0.25) is 9.69 Å². The number of nitrogens with zero attached hydrogens (tertiary/aromatic N) is 1. The third-order valence-electron chi connectivity index (χ3n) is 5.95. The SMILES string of the molecule is CN1CCCC(CNC(=O)C2(N)CCOCC2)C1c1ccc(C(F)(F)F)cc1. The molecule has 2 saturated heterocycles. The highest BCUT2D eigenvalue weighted by Gasteiger charge is 2.38. The third kappa shape index (κ3) is 4.67. The Kier molecular flexibility index (Phi) is 6.31. The lowest BCUT2D eigenvalue weighted by molar-refractivity contribution is -0.137. The molecule has 1 aromatic carbocycles. The number of ether oxygens (including phenoxy) is 1. The molecule has 0 bridgehead atoms. The van der Waals surface area contributed by atoms with Crippen molar-refractivity contribution in [2.24, 2.45) is 11.7 Å². The summed E-state index contributed by atoms with van der Waals surface area (Å²) in [5, 5.41) is 2.99. The zero-order valence-electron chi connectivity index (χ0n) is 16.1. The summed E-state index contributed by atoms with van der Waals surface area (Å²) in [7, 11) is 1.97. The van der Waals surface area contributed by atoms with Crippen molar-refractivity contribution in [2.45, 2.75) is 43.4 Å². The molecule has 2 fully saturated rings. The lowest BCUT2D eigenvalue weighted by Gasteiger charge is -2.40. The van der Waals surface area contributed by atoms with Crippen LogP contribution < -0.4 is 11.1 Å². The van der Waals surface area contributed by atoms with E-state index in [-0.39, 0.29) is 17.9 Å². The van der Waals surface area contributed by atoms with E-state index in [1.54, 1.807) is 12.1 Å². The van der Waals surface area contributed by atoms with Gasteiger partial charge >= 0.3 is 6.18 Å². The average molecular weight is 399 g/mol. The summed E-state index contributed by atoms with van der Waals surface area (Å²) in [6.45, 7) is 2.28. The van der Waals surface area contributed by atoms with E-state index in [1.165, 1.54) is 0 Å². The molecule has 3 rings (SSSR count). The van der Waals surface area contributed by atoms with Crippen LogP contribution in [0, 0.1) is 5.92 Å². The summed E-state index contributed by atoms with van der Waals surface area (Å²) in [4.78, 5) is 14.8. The molecule has 1 aromatic rings. The molecule has 0 radical (unpaired) electrons. The second-order valence-corrected chi connectivity index (χ2v) is 7.93. The lowest BCUT2D eigenvalue weighted by atomic mass is 9.84. The van der Waals surface area contributed by atoms with E-state index in [9.17, 15) is 18.0 Å². The highest BCUT2D eigenvalue weighted by atomic mass is 19.4. The fourth-order valence-corrected chi connectivity index (χ4v) is 4.23. The van der Waals surface area contributed by atoms with Crippen LogP contribution >= 0.6 is 0 Å². The molecule has 0 spiro atoms. The number of rotatable bonds is 4. The standard InChI is InChI=1S/C20H28F3N3O2/c1-26-10-2-3-15(13-25-18(27)19(24)8-11-28-12-9-19)17(26)14-4-6-16(7-5-14)20(21,22)23/h4-7,15,17H,2-3,8-13,24H2,1H3,(H,25,27). The minimum atomic E-state index is -4.34. The van der Waals surface area contributed by atoms with Crippen LogP contribution in [-0.4, -0.2) is 49.7 Å². The van der Waals surface area contributed by atoms with Gasteiger partial charge in [0, 0.05) is 25.8 Å². The van der Waals surface area contributed by atoms with Crippen LogP contribution in [0.25, 0.3) is 0 Å². The van der Waals surface area contributed by atoms with Crippen LogP contribution in [0.3, 0.4) is 0 Å². The fraction of sp³-hybridized carbons (Fsp3) is 0.650. The first-order valence-electron chi connectivity index (χ1n) is 9.73. The van der Waals surface area contributed by atoms with Gasteiger partial charge in [0.25, 0.3) is 0 Å². The van der Waals surface area contributed by atoms with Crippen molar-refractivity contribution in [2.75, 3.05) is 33.4 Å². The number of benzene rings is 1. The van der Waals surface area contributed by atoms with E-state index in [0.29, 0.717) is 32.6 Å². The molecule has 2 aliphatic rings. The van der Waals surface area contributed by atoms with Gasteiger partial charge in [0.15, 0.2) is 0 Å². The predicted molar refractivity (Wildman–Crippen MR) is 99.5 cm³/mol.